The van der Waals surface area contributed by atoms with E-state index in [2.05, 4.69) is 26.8 Å². The third-order valence-corrected chi connectivity index (χ3v) is 4.15. The van der Waals surface area contributed by atoms with E-state index in [1.54, 1.807) is 0 Å². The van der Waals surface area contributed by atoms with Gasteiger partial charge in [0.2, 0.25) is 0 Å². The molecular formula is C14H25ClO. The lowest BCUT2D eigenvalue weighted by atomic mass is 9.77. The molecule has 16 heavy (non-hydrogen) atoms. The van der Waals surface area contributed by atoms with Gasteiger partial charge in [-0.2, -0.15) is 0 Å². The Kier molecular flexibility index (Phi) is 5.85. The highest BCUT2D eigenvalue weighted by molar-refractivity contribution is 6.18. The Hall–Kier alpha value is -0.0100. The van der Waals surface area contributed by atoms with E-state index in [1.165, 1.54) is 18.4 Å². The molecule has 1 N–H and O–H groups in total. The molecule has 0 radical (unpaired) electrons. The van der Waals surface area contributed by atoms with Crippen LogP contribution in [0.2, 0.25) is 0 Å². The first kappa shape index (κ1) is 14.1. The van der Waals surface area contributed by atoms with E-state index in [4.69, 9.17) is 11.6 Å². The number of hydrogen-bond acceptors (Lipinski definition) is 1. The van der Waals surface area contributed by atoms with E-state index in [0.717, 1.165) is 24.7 Å². The van der Waals surface area contributed by atoms with E-state index in [1.807, 2.05) is 0 Å². The Balaban J connectivity index is 2.53. The van der Waals surface area contributed by atoms with E-state index in [0.29, 0.717) is 11.8 Å². The van der Waals surface area contributed by atoms with Gasteiger partial charge >= 0.3 is 0 Å². The largest absolute Gasteiger partial charge is 0.392 e. The van der Waals surface area contributed by atoms with Gasteiger partial charge in [-0.05, 0) is 43.4 Å². The third kappa shape index (κ3) is 4.10. The van der Waals surface area contributed by atoms with Crippen molar-refractivity contribution in [3.05, 3.63) is 11.6 Å². The molecule has 0 bridgehead atoms. The summed E-state index contributed by atoms with van der Waals surface area (Å²) in [6.45, 7) is 6.89. The predicted molar refractivity (Wildman–Crippen MR) is 70.8 cm³/mol. The number of halogens is 1. The zero-order valence-corrected chi connectivity index (χ0v) is 11.5. The highest BCUT2D eigenvalue weighted by Gasteiger charge is 2.21. The smallest absolute Gasteiger partial charge is 0.0678 e. The number of alkyl halides is 1. The quantitative estimate of drug-likeness (QED) is 0.573. The average Bonchev–Trinajstić information content (AvgIpc) is 2.27. The van der Waals surface area contributed by atoms with Crippen LogP contribution >= 0.6 is 11.6 Å². The molecule has 0 aromatic heterocycles. The molecule has 1 rings (SSSR count). The van der Waals surface area contributed by atoms with Crippen LogP contribution in [0.3, 0.4) is 0 Å². The maximum Gasteiger partial charge on any atom is 0.0678 e. The Morgan fingerprint density at radius 2 is 2.12 bits per heavy atom. The fourth-order valence-electron chi connectivity index (χ4n) is 2.42. The van der Waals surface area contributed by atoms with Crippen molar-refractivity contribution in [2.24, 2.45) is 17.8 Å². The van der Waals surface area contributed by atoms with Crippen LogP contribution < -0.4 is 0 Å². The number of hydrogen-bond donors (Lipinski definition) is 1. The molecule has 1 aliphatic rings. The van der Waals surface area contributed by atoms with Gasteiger partial charge in [0.1, 0.15) is 0 Å². The van der Waals surface area contributed by atoms with Crippen molar-refractivity contribution in [3.63, 3.8) is 0 Å². The summed E-state index contributed by atoms with van der Waals surface area (Å²) in [5.41, 5.74) is 1.54. The standard InChI is InChI=1S/C14H25ClO/c1-10(2)12-5-4-11(3)13(8-12)6-7-14(16)9-15/h8,10-12,14,16H,4-7,9H2,1-3H3/t11-,12-,14-/m1/s1. The van der Waals surface area contributed by atoms with Crippen LogP contribution in [-0.4, -0.2) is 17.1 Å². The van der Waals surface area contributed by atoms with Crippen molar-refractivity contribution in [1.82, 2.24) is 0 Å². The number of allylic oxidation sites excluding steroid dienone is 2. The number of aliphatic hydroxyl groups is 1. The fraction of sp³-hybridized carbons (Fsp3) is 0.857. The van der Waals surface area contributed by atoms with Crippen molar-refractivity contribution >= 4 is 11.6 Å². The van der Waals surface area contributed by atoms with Crippen LogP contribution in [0.1, 0.15) is 46.5 Å². The van der Waals surface area contributed by atoms with Gasteiger partial charge in [0.25, 0.3) is 0 Å². The summed E-state index contributed by atoms with van der Waals surface area (Å²) in [6.07, 6.45) is 6.56. The summed E-state index contributed by atoms with van der Waals surface area (Å²) in [6, 6.07) is 0. The highest BCUT2D eigenvalue weighted by atomic mass is 35.5. The molecule has 0 spiro atoms. The van der Waals surface area contributed by atoms with Gasteiger partial charge in [-0.25, -0.2) is 0 Å². The Labute approximate surface area is 105 Å². The normalized spacial score (nSPS) is 28.0. The molecule has 0 amide bonds. The first-order valence-corrected chi connectivity index (χ1v) is 7.02. The maximum absolute atomic E-state index is 9.49. The second-order valence-corrected chi connectivity index (χ2v) is 5.78. The van der Waals surface area contributed by atoms with Gasteiger partial charge in [-0.15, -0.1) is 11.6 Å². The topological polar surface area (TPSA) is 20.2 Å². The van der Waals surface area contributed by atoms with E-state index < -0.39 is 0 Å². The van der Waals surface area contributed by atoms with Crippen molar-refractivity contribution < 1.29 is 5.11 Å². The van der Waals surface area contributed by atoms with Crippen molar-refractivity contribution in [2.75, 3.05) is 5.88 Å². The molecule has 94 valence electrons. The van der Waals surface area contributed by atoms with Crippen LogP contribution in [0, 0.1) is 17.8 Å². The van der Waals surface area contributed by atoms with Gasteiger partial charge in [0.05, 0.1) is 6.10 Å². The lowest BCUT2D eigenvalue weighted by Crippen LogP contribution is -2.17. The maximum atomic E-state index is 9.49. The molecular weight excluding hydrogens is 220 g/mol. The minimum atomic E-state index is -0.339. The number of aliphatic hydroxyl groups excluding tert-OH is 1. The zero-order chi connectivity index (χ0) is 12.1. The highest BCUT2D eigenvalue weighted by Crippen LogP contribution is 2.34. The van der Waals surface area contributed by atoms with Crippen molar-refractivity contribution in [2.45, 2.75) is 52.6 Å². The predicted octanol–water partition coefficient (Wildman–Crippen LogP) is 3.99. The Morgan fingerprint density at radius 3 is 2.69 bits per heavy atom. The molecule has 0 unspecified atom stereocenters. The van der Waals surface area contributed by atoms with Crippen molar-refractivity contribution in [3.8, 4) is 0 Å². The third-order valence-electron chi connectivity index (χ3n) is 3.79. The SMILES string of the molecule is CC(C)[C@H]1C=C(CC[C@@H](O)CCl)[C@H](C)CC1. The fourth-order valence-corrected chi connectivity index (χ4v) is 2.57. The molecule has 0 saturated heterocycles. The summed E-state index contributed by atoms with van der Waals surface area (Å²) in [7, 11) is 0. The first-order chi connectivity index (χ1) is 7.54. The van der Waals surface area contributed by atoms with Crippen molar-refractivity contribution in [1.29, 1.82) is 0 Å². The molecule has 1 nitrogen and oxygen atoms in total. The summed E-state index contributed by atoms with van der Waals surface area (Å²) in [4.78, 5) is 0. The number of rotatable bonds is 5. The molecule has 3 atom stereocenters. The molecule has 0 aromatic rings. The molecule has 0 aliphatic heterocycles. The summed E-state index contributed by atoms with van der Waals surface area (Å²) < 4.78 is 0. The minimum Gasteiger partial charge on any atom is -0.392 e. The lowest BCUT2D eigenvalue weighted by molar-refractivity contribution is 0.186. The average molecular weight is 245 g/mol. The molecule has 0 saturated carbocycles. The van der Waals surface area contributed by atoms with Crippen LogP contribution in [0.4, 0.5) is 0 Å². The monoisotopic (exact) mass is 244 g/mol. The van der Waals surface area contributed by atoms with Crippen LogP contribution in [0.15, 0.2) is 11.6 Å². The summed E-state index contributed by atoms with van der Waals surface area (Å²) in [5, 5.41) is 9.49. The summed E-state index contributed by atoms with van der Waals surface area (Å²) >= 11 is 5.62. The second kappa shape index (κ2) is 6.66. The van der Waals surface area contributed by atoms with Crippen LogP contribution in [-0.2, 0) is 0 Å². The van der Waals surface area contributed by atoms with E-state index in [9.17, 15) is 5.11 Å². The van der Waals surface area contributed by atoms with E-state index in [-0.39, 0.29) is 6.10 Å². The molecule has 2 heteroatoms. The van der Waals surface area contributed by atoms with Crippen LogP contribution in [0.5, 0.6) is 0 Å². The minimum absolute atomic E-state index is 0.339. The van der Waals surface area contributed by atoms with E-state index >= 15 is 0 Å². The zero-order valence-electron chi connectivity index (χ0n) is 10.7. The van der Waals surface area contributed by atoms with Gasteiger partial charge in [-0.3, -0.25) is 0 Å². The molecule has 0 fully saturated rings. The molecule has 0 aromatic carbocycles. The Bertz CT molecular complexity index is 235. The van der Waals surface area contributed by atoms with Gasteiger partial charge in [-0.1, -0.05) is 32.4 Å². The lowest BCUT2D eigenvalue weighted by Gasteiger charge is -2.29. The first-order valence-electron chi connectivity index (χ1n) is 6.49. The van der Waals surface area contributed by atoms with Gasteiger partial charge < -0.3 is 5.11 Å². The summed E-state index contributed by atoms with van der Waals surface area (Å²) in [5.74, 6) is 2.52. The second-order valence-electron chi connectivity index (χ2n) is 5.47. The molecule has 1 aliphatic carbocycles. The Morgan fingerprint density at radius 1 is 1.44 bits per heavy atom. The van der Waals surface area contributed by atoms with Gasteiger partial charge in [0.15, 0.2) is 0 Å². The molecule has 0 heterocycles. The van der Waals surface area contributed by atoms with Gasteiger partial charge in [0, 0.05) is 5.88 Å². The van der Waals surface area contributed by atoms with Crippen LogP contribution in [0.25, 0.3) is 0 Å².